The average Bonchev–Trinajstić information content (AvgIpc) is 3.36. The number of fused-ring (bicyclic) bond motifs is 3. The van der Waals surface area contributed by atoms with Crippen molar-refractivity contribution >= 4 is 50.4 Å². The fourth-order valence-corrected chi connectivity index (χ4v) is 6.68. The first-order chi connectivity index (χ1) is 17.3. The van der Waals surface area contributed by atoms with E-state index < -0.39 is 0 Å². The molecule has 5 aromatic carbocycles. The van der Waals surface area contributed by atoms with Crippen molar-refractivity contribution in [2.75, 3.05) is 4.90 Å². The van der Waals surface area contributed by atoms with E-state index in [0.717, 1.165) is 21.8 Å². The summed E-state index contributed by atoms with van der Waals surface area (Å²) in [6, 6.07) is 43.1. The summed E-state index contributed by atoms with van der Waals surface area (Å²) in [4.78, 5) is 9.78. The van der Waals surface area contributed by atoms with Crippen molar-refractivity contribution in [1.82, 2.24) is 4.98 Å². The van der Waals surface area contributed by atoms with Gasteiger partial charge in [0.25, 0.3) is 0 Å². The minimum absolute atomic E-state index is 1.06. The van der Waals surface area contributed by atoms with Crippen LogP contribution >= 0.6 is 23.1 Å². The molecule has 0 spiro atoms. The van der Waals surface area contributed by atoms with Gasteiger partial charge in [-0.25, -0.2) is 4.98 Å². The normalized spacial score (nSPS) is 12.4. The number of thiazole rings is 1. The molecule has 2 nitrogen and oxygen atoms in total. The summed E-state index contributed by atoms with van der Waals surface area (Å²) in [6.45, 7) is 0. The fraction of sp³-hybridized carbons (Fsp3) is 0. The molecule has 0 saturated heterocycles. The molecule has 0 aliphatic carbocycles. The van der Waals surface area contributed by atoms with Crippen LogP contribution in [-0.4, -0.2) is 4.98 Å². The monoisotopic (exact) mass is 484 g/mol. The van der Waals surface area contributed by atoms with Crippen molar-refractivity contribution in [2.45, 2.75) is 9.79 Å². The van der Waals surface area contributed by atoms with Crippen LogP contribution in [0.5, 0.6) is 0 Å². The number of nitrogens with zero attached hydrogens (tertiary/aromatic N) is 2. The Kier molecular flexibility index (Phi) is 4.93. The second-order valence-electron chi connectivity index (χ2n) is 8.49. The molecule has 0 fully saturated rings. The Bertz CT molecular complexity index is 1650. The molecule has 0 radical (unpaired) electrons. The molecule has 0 atom stereocenters. The molecule has 1 aliphatic heterocycles. The van der Waals surface area contributed by atoms with E-state index in [-0.39, 0.29) is 0 Å². The van der Waals surface area contributed by atoms with Gasteiger partial charge in [0.15, 0.2) is 0 Å². The van der Waals surface area contributed by atoms with Crippen LogP contribution in [-0.2, 0) is 0 Å². The first-order valence-corrected chi connectivity index (χ1v) is 13.2. The van der Waals surface area contributed by atoms with Gasteiger partial charge < -0.3 is 4.90 Å². The van der Waals surface area contributed by atoms with Crippen LogP contribution in [0.1, 0.15) is 0 Å². The standard InChI is InChI=1S/C31H20N2S2/c1-2-9-21(10-3-1)22-11-8-12-24(19-22)33-26-14-5-7-16-29(26)34-30-20-23(17-18-27(30)33)31-32-25-13-4-6-15-28(25)35-31/h1-20H. The lowest BCUT2D eigenvalue weighted by atomic mass is 10.0. The maximum Gasteiger partial charge on any atom is 0.124 e. The molecule has 0 amide bonds. The highest BCUT2D eigenvalue weighted by atomic mass is 32.2. The highest BCUT2D eigenvalue weighted by Crippen LogP contribution is 2.52. The molecule has 7 rings (SSSR count). The lowest BCUT2D eigenvalue weighted by Crippen LogP contribution is -2.14. The minimum atomic E-state index is 1.06. The molecular weight excluding hydrogens is 464 g/mol. The van der Waals surface area contributed by atoms with Crippen LogP contribution in [0.15, 0.2) is 131 Å². The summed E-state index contributed by atoms with van der Waals surface area (Å²) in [5.74, 6) is 0. The zero-order chi connectivity index (χ0) is 23.2. The van der Waals surface area contributed by atoms with Gasteiger partial charge in [-0.05, 0) is 65.7 Å². The van der Waals surface area contributed by atoms with Gasteiger partial charge >= 0.3 is 0 Å². The average molecular weight is 485 g/mol. The Labute approximate surface area is 212 Å². The number of rotatable bonds is 3. The van der Waals surface area contributed by atoms with Crippen LogP contribution < -0.4 is 4.90 Å². The Morgan fingerprint density at radius 1 is 0.543 bits per heavy atom. The quantitative estimate of drug-likeness (QED) is 0.248. The summed E-state index contributed by atoms with van der Waals surface area (Å²) < 4.78 is 1.22. The van der Waals surface area contributed by atoms with Gasteiger partial charge in [0.1, 0.15) is 5.01 Å². The molecule has 1 aliphatic rings. The lowest BCUT2D eigenvalue weighted by molar-refractivity contribution is 1.17. The first-order valence-electron chi connectivity index (χ1n) is 11.6. The predicted molar refractivity (Wildman–Crippen MR) is 149 cm³/mol. The summed E-state index contributed by atoms with van der Waals surface area (Å²) >= 11 is 3.58. The van der Waals surface area contributed by atoms with Crippen LogP contribution in [0.2, 0.25) is 0 Å². The van der Waals surface area contributed by atoms with Crippen LogP contribution in [0.4, 0.5) is 17.1 Å². The molecule has 0 N–H and O–H groups in total. The van der Waals surface area contributed by atoms with Crippen molar-refractivity contribution in [3.8, 4) is 21.7 Å². The van der Waals surface area contributed by atoms with E-state index in [4.69, 9.17) is 4.98 Å². The lowest BCUT2D eigenvalue weighted by Gasteiger charge is -2.33. The number of hydrogen-bond acceptors (Lipinski definition) is 4. The fourth-order valence-electron chi connectivity index (χ4n) is 4.62. The minimum Gasteiger partial charge on any atom is -0.308 e. The van der Waals surface area contributed by atoms with Gasteiger partial charge in [-0.2, -0.15) is 0 Å². The van der Waals surface area contributed by atoms with Crippen LogP contribution in [0, 0.1) is 0 Å². The van der Waals surface area contributed by atoms with Crippen molar-refractivity contribution in [1.29, 1.82) is 0 Å². The SMILES string of the molecule is c1ccc(-c2cccc(N3c4ccccc4Sc4cc(-c5nc6ccccc6s5)ccc43)c2)cc1. The van der Waals surface area contributed by atoms with Gasteiger partial charge in [0.05, 0.1) is 21.6 Å². The third kappa shape index (κ3) is 3.63. The Balaban J connectivity index is 1.36. The molecule has 2 heterocycles. The van der Waals surface area contributed by atoms with Gasteiger partial charge in [-0.1, -0.05) is 78.5 Å². The molecule has 4 heteroatoms. The van der Waals surface area contributed by atoms with Crippen LogP contribution in [0.25, 0.3) is 31.9 Å². The zero-order valence-corrected chi connectivity index (χ0v) is 20.4. The van der Waals surface area contributed by atoms with Crippen molar-refractivity contribution < 1.29 is 0 Å². The van der Waals surface area contributed by atoms with E-state index >= 15 is 0 Å². The first kappa shape index (κ1) is 20.5. The van der Waals surface area contributed by atoms with Crippen molar-refractivity contribution in [2.24, 2.45) is 0 Å². The van der Waals surface area contributed by atoms with Gasteiger partial charge in [-0.15, -0.1) is 11.3 Å². The van der Waals surface area contributed by atoms with Gasteiger partial charge in [-0.3, -0.25) is 0 Å². The zero-order valence-electron chi connectivity index (χ0n) is 18.8. The number of hydrogen-bond donors (Lipinski definition) is 0. The Hall–Kier alpha value is -3.86. The Morgan fingerprint density at radius 3 is 2.23 bits per heavy atom. The molecule has 0 saturated carbocycles. The second kappa shape index (κ2) is 8.42. The van der Waals surface area contributed by atoms with Gasteiger partial charge in [0, 0.05) is 21.0 Å². The third-order valence-corrected chi connectivity index (χ3v) is 8.48. The highest BCUT2D eigenvalue weighted by molar-refractivity contribution is 7.99. The molecule has 166 valence electrons. The summed E-state index contributed by atoms with van der Waals surface area (Å²) in [6.07, 6.45) is 0. The largest absolute Gasteiger partial charge is 0.308 e. The Morgan fingerprint density at radius 2 is 1.31 bits per heavy atom. The van der Waals surface area contributed by atoms with Crippen molar-refractivity contribution in [3.05, 3.63) is 121 Å². The van der Waals surface area contributed by atoms with E-state index in [1.165, 1.54) is 37.0 Å². The van der Waals surface area contributed by atoms with E-state index in [1.54, 1.807) is 11.3 Å². The summed E-state index contributed by atoms with van der Waals surface area (Å²) in [5.41, 5.74) is 8.23. The molecule has 1 aromatic heterocycles. The summed E-state index contributed by atoms with van der Waals surface area (Å²) in [7, 11) is 0. The topological polar surface area (TPSA) is 16.1 Å². The third-order valence-electron chi connectivity index (χ3n) is 6.28. The predicted octanol–water partition coefficient (Wildman–Crippen LogP) is 9.56. The number of anilines is 3. The number of para-hydroxylation sites is 2. The smallest absolute Gasteiger partial charge is 0.124 e. The second-order valence-corrected chi connectivity index (χ2v) is 10.6. The van der Waals surface area contributed by atoms with E-state index in [9.17, 15) is 0 Å². The van der Waals surface area contributed by atoms with Gasteiger partial charge in [0.2, 0.25) is 0 Å². The maximum absolute atomic E-state index is 4.89. The van der Waals surface area contributed by atoms with E-state index in [0.29, 0.717) is 0 Å². The number of benzene rings is 5. The molecule has 35 heavy (non-hydrogen) atoms. The van der Waals surface area contributed by atoms with Crippen molar-refractivity contribution in [3.63, 3.8) is 0 Å². The van der Waals surface area contributed by atoms with Crippen LogP contribution in [0.3, 0.4) is 0 Å². The number of aromatic nitrogens is 1. The summed E-state index contributed by atoms with van der Waals surface area (Å²) in [5, 5.41) is 1.06. The molecule has 0 bridgehead atoms. The van der Waals surface area contributed by atoms with E-state index in [2.05, 4.69) is 120 Å². The van der Waals surface area contributed by atoms with E-state index in [1.807, 2.05) is 17.8 Å². The highest BCUT2D eigenvalue weighted by Gasteiger charge is 2.25. The molecule has 6 aromatic rings. The maximum atomic E-state index is 4.89. The molecule has 0 unspecified atom stereocenters. The molecular formula is C31H20N2S2.